The molecular weight excluding hydrogens is 314 g/mol. The minimum Gasteiger partial charge on any atom is -0.463 e. The Labute approximate surface area is 118 Å². The number of ether oxygens (including phenoxy) is 1. The number of rotatable bonds is 4. The lowest BCUT2D eigenvalue weighted by molar-refractivity contribution is 0.0585. The number of carbonyl (C=O) groups excluding carboxylic acids is 1. The molecule has 0 aliphatic carbocycles. The number of hydrogen-bond donors (Lipinski definition) is 1. The molecular formula is C12H12BrN3O3. The van der Waals surface area contributed by atoms with Crippen LogP contribution in [0.25, 0.3) is 0 Å². The first-order valence-corrected chi connectivity index (χ1v) is 6.30. The summed E-state index contributed by atoms with van der Waals surface area (Å²) in [5.74, 6) is -0.625. The van der Waals surface area contributed by atoms with Crippen molar-refractivity contribution in [2.45, 2.75) is 12.6 Å². The minimum atomic E-state index is -0.732. The van der Waals surface area contributed by atoms with E-state index in [9.17, 15) is 9.90 Å². The van der Waals surface area contributed by atoms with Crippen molar-refractivity contribution >= 4 is 21.9 Å². The van der Waals surface area contributed by atoms with E-state index in [4.69, 9.17) is 0 Å². The molecule has 2 rings (SSSR count). The molecule has 0 amide bonds. The van der Waals surface area contributed by atoms with E-state index in [1.54, 1.807) is 0 Å². The van der Waals surface area contributed by atoms with Gasteiger partial charge in [-0.3, -0.25) is 0 Å². The lowest BCUT2D eigenvalue weighted by Crippen LogP contribution is -2.11. The summed E-state index contributed by atoms with van der Waals surface area (Å²) in [6.07, 6.45) is 0.651. The first kappa shape index (κ1) is 13.7. The highest BCUT2D eigenvalue weighted by molar-refractivity contribution is 9.10. The lowest BCUT2D eigenvalue weighted by Gasteiger charge is -2.10. The maximum atomic E-state index is 11.2. The quantitative estimate of drug-likeness (QED) is 0.863. The Balaban J connectivity index is 2.08. The monoisotopic (exact) mass is 325 g/mol. The number of esters is 1. The van der Waals surface area contributed by atoms with Crippen molar-refractivity contribution in [2.75, 3.05) is 7.11 Å². The van der Waals surface area contributed by atoms with E-state index >= 15 is 0 Å². The fourth-order valence-corrected chi connectivity index (χ4v) is 1.98. The molecule has 0 saturated heterocycles. The Morgan fingerprint density at radius 2 is 2.37 bits per heavy atom. The van der Waals surface area contributed by atoms with Gasteiger partial charge in [0.1, 0.15) is 6.33 Å². The first-order chi connectivity index (χ1) is 9.10. The van der Waals surface area contributed by atoms with Crippen molar-refractivity contribution in [3.8, 4) is 0 Å². The molecule has 1 atom stereocenters. The Morgan fingerprint density at radius 1 is 1.58 bits per heavy atom. The summed E-state index contributed by atoms with van der Waals surface area (Å²) in [7, 11) is 1.26. The Bertz CT molecular complexity index is 585. The maximum Gasteiger partial charge on any atom is 0.377 e. The fraction of sp³-hybridized carbons (Fsp3) is 0.250. The Kier molecular flexibility index (Phi) is 4.28. The zero-order chi connectivity index (χ0) is 13.8. The van der Waals surface area contributed by atoms with Crippen LogP contribution < -0.4 is 0 Å². The third-order valence-corrected chi connectivity index (χ3v) is 2.99. The zero-order valence-corrected chi connectivity index (χ0v) is 11.7. The summed E-state index contributed by atoms with van der Waals surface area (Å²) in [6, 6.07) is 7.35. The van der Waals surface area contributed by atoms with E-state index in [0.29, 0.717) is 0 Å². The van der Waals surface area contributed by atoms with E-state index in [0.717, 1.165) is 10.0 Å². The highest BCUT2D eigenvalue weighted by Gasteiger charge is 2.14. The molecule has 0 spiro atoms. The molecule has 0 fully saturated rings. The number of aromatic nitrogens is 3. The number of carbonyl (C=O) groups is 1. The molecule has 1 aromatic carbocycles. The van der Waals surface area contributed by atoms with Gasteiger partial charge in [0.15, 0.2) is 0 Å². The van der Waals surface area contributed by atoms with Gasteiger partial charge in [-0.2, -0.15) is 0 Å². The van der Waals surface area contributed by atoms with E-state index in [1.165, 1.54) is 18.1 Å². The van der Waals surface area contributed by atoms with E-state index in [-0.39, 0.29) is 12.4 Å². The number of aliphatic hydroxyl groups excluding tert-OH is 1. The molecule has 0 aliphatic heterocycles. The average molecular weight is 326 g/mol. The molecule has 6 nitrogen and oxygen atoms in total. The second kappa shape index (κ2) is 5.94. The summed E-state index contributed by atoms with van der Waals surface area (Å²) in [4.78, 5) is 15.0. The van der Waals surface area contributed by atoms with Crippen molar-refractivity contribution in [1.29, 1.82) is 0 Å². The molecule has 0 saturated carbocycles. The van der Waals surface area contributed by atoms with Gasteiger partial charge in [0.05, 0.1) is 19.8 Å². The van der Waals surface area contributed by atoms with Gasteiger partial charge in [0, 0.05) is 4.47 Å². The van der Waals surface area contributed by atoms with E-state index in [2.05, 4.69) is 30.7 Å². The Hall–Kier alpha value is -1.73. The van der Waals surface area contributed by atoms with Gasteiger partial charge in [-0.1, -0.05) is 28.1 Å². The van der Waals surface area contributed by atoms with Gasteiger partial charge in [0.2, 0.25) is 0 Å². The average Bonchev–Trinajstić information content (AvgIpc) is 2.86. The third kappa shape index (κ3) is 3.39. The topological polar surface area (TPSA) is 77.2 Å². The lowest BCUT2D eigenvalue weighted by atomic mass is 10.1. The fourth-order valence-electron chi connectivity index (χ4n) is 1.56. The molecule has 0 radical (unpaired) electrons. The second-order valence-electron chi connectivity index (χ2n) is 3.85. The van der Waals surface area contributed by atoms with Crippen molar-refractivity contribution in [3.63, 3.8) is 0 Å². The summed E-state index contributed by atoms with van der Waals surface area (Å²) >= 11 is 3.34. The molecule has 0 bridgehead atoms. The van der Waals surface area contributed by atoms with Gasteiger partial charge in [-0.05, 0) is 17.7 Å². The normalized spacial score (nSPS) is 12.2. The van der Waals surface area contributed by atoms with E-state index in [1.807, 2.05) is 24.3 Å². The summed E-state index contributed by atoms with van der Waals surface area (Å²) in [6.45, 7) is 0.209. The van der Waals surface area contributed by atoms with Crippen LogP contribution in [0.15, 0.2) is 35.1 Å². The van der Waals surface area contributed by atoms with Gasteiger partial charge >= 0.3 is 5.97 Å². The van der Waals surface area contributed by atoms with Crippen molar-refractivity contribution in [1.82, 2.24) is 14.8 Å². The van der Waals surface area contributed by atoms with Crippen LogP contribution in [0.2, 0.25) is 0 Å². The molecule has 1 N–H and O–H groups in total. The summed E-state index contributed by atoms with van der Waals surface area (Å²) in [5, 5.41) is 14.0. The predicted molar refractivity (Wildman–Crippen MR) is 70.5 cm³/mol. The highest BCUT2D eigenvalue weighted by atomic mass is 79.9. The van der Waals surface area contributed by atoms with Gasteiger partial charge in [-0.25, -0.2) is 14.5 Å². The number of hydrogen-bond acceptors (Lipinski definition) is 5. The summed E-state index contributed by atoms with van der Waals surface area (Å²) in [5.41, 5.74) is 0.754. The zero-order valence-electron chi connectivity index (χ0n) is 10.2. The van der Waals surface area contributed by atoms with E-state index < -0.39 is 12.1 Å². The molecule has 1 aromatic heterocycles. The van der Waals surface area contributed by atoms with Crippen LogP contribution in [0.3, 0.4) is 0 Å². The largest absolute Gasteiger partial charge is 0.463 e. The third-order valence-electron chi connectivity index (χ3n) is 2.50. The van der Waals surface area contributed by atoms with Crippen molar-refractivity contribution in [3.05, 3.63) is 46.5 Å². The van der Waals surface area contributed by atoms with Gasteiger partial charge in [-0.15, -0.1) is 5.10 Å². The van der Waals surface area contributed by atoms with Gasteiger partial charge < -0.3 is 9.84 Å². The number of halogens is 1. The summed E-state index contributed by atoms with van der Waals surface area (Å²) < 4.78 is 6.80. The maximum absolute atomic E-state index is 11.2. The first-order valence-electron chi connectivity index (χ1n) is 5.51. The van der Waals surface area contributed by atoms with Crippen LogP contribution in [0.1, 0.15) is 22.3 Å². The van der Waals surface area contributed by atoms with Crippen LogP contribution in [-0.4, -0.2) is 33.0 Å². The van der Waals surface area contributed by atoms with Crippen LogP contribution in [0, 0.1) is 0 Å². The second-order valence-corrected chi connectivity index (χ2v) is 4.77. The molecule has 0 aliphatic rings. The number of nitrogens with zero attached hydrogens (tertiary/aromatic N) is 3. The Morgan fingerprint density at radius 3 is 3.05 bits per heavy atom. The molecule has 1 unspecified atom stereocenters. The van der Waals surface area contributed by atoms with Gasteiger partial charge in [0.25, 0.3) is 5.82 Å². The minimum absolute atomic E-state index is 0.0241. The molecule has 2 aromatic rings. The molecule has 19 heavy (non-hydrogen) atoms. The van der Waals surface area contributed by atoms with Crippen molar-refractivity contribution in [2.24, 2.45) is 0 Å². The SMILES string of the molecule is COC(=O)c1ncn(CC(O)c2cccc(Br)c2)n1. The van der Waals surface area contributed by atoms with Crippen LogP contribution >= 0.6 is 15.9 Å². The molecule has 7 heteroatoms. The number of benzene rings is 1. The molecule has 1 heterocycles. The van der Waals surface area contributed by atoms with Crippen LogP contribution in [-0.2, 0) is 11.3 Å². The molecule has 100 valence electrons. The van der Waals surface area contributed by atoms with Crippen LogP contribution in [0.5, 0.6) is 0 Å². The smallest absolute Gasteiger partial charge is 0.377 e. The standard InChI is InChI=1S/C12H12BrN3O3/c1-19-12(18)11-14-7-16(15-11)6-10(17)8-3-2-4-9(13)5-8/h2-5,7,10,17H,6H2,1H3. The highest BCUT2D eigenvalue weighted by Crippen LogP contribution is 2.19. The number of aliphatic hydroxyl groups is 1. The van der Waals surface area contributed by atoms with Crippen molar-refractivity contribution < 1.29 is 14.6 Å². The predicted octanol–water partition coefficient (Wildman–Crippen LogP) is 1.56. The number of methoxy groups -OCH3 is 1. The van der Waals surface area contributed by atoms with Crippen LogP contribution in [0.4, 0.5) is 0 Å².